The van der Waals surface area contributed by atoms with E-state index in [1.807, 2.05) is 0 Å². The van der Waals surface area contributed by atoms with E-state index in [9.17, 15) is 0 Å². The first-order valence-corrected chi connectivity index (χ1v) is 28.2. The van der Waals surface area contributed by atoms with Crippen molar-refractivity contribution in [1.82, 2.24) is 0 Å². The molecule has 0 fully saturated rings. The molecule has 63 heavy (non-hydrogen) atoms. The molecule has 0 N–H and O–H groups in total. The van der Waals surface area contributed by atoms with Crippen molar-refractivity contribution in [3.8, 4) is 16.9 Å². The Morgan fingerprint density at radius 2 is 0.635 bits per heavy atom. The summed E-state index contributed by atoms with van der Waals surface area (Å²) in [5.41, 5.74) is 5.35. The Bertz CT molecular complexity index is 1300. The lowest BCUT2D eigenvalue weighted by Crippen LogP contribution is -2.39. The van der Waals surface area contributed by atoms with Crippen molar-refractivity contribution < 1.29 is 13.7 Å². The summed E-state index contributed by atoms with van der Waals surface area (Å²) in [7, 11) is 9.68. The molecule has 0 unspecified atom stereocenters. The molecule has 3 nitrogen and oxygen atoms in total. The maximum Gasteiger partial charge on any atom is 0.127 e. The standard InChI is InChI=1S/C60H110N2O/c1-8-11-14-17-19-21-23-25-27-29-31-33-35-37-39-41-50-61(4,5)54-56-44-47-58(48-45-56)59-49-46-57(53-60(59)63-52-43-16-13-10-3)55-62(6,7)51-42-40-38-36-34-32-30-28-26-24-22-20-18-15-12-9-2/h44-49,53H,8-43,50-52,54-55H2,1-7H3/q+2. The minimum atomic E-state index is 0.803. The van der Waals surface area contributed by atoms with Crippen LogP contribution in [0.1, 0.15) is 263 Å². The Morgan fingerprint density at radius 3 is 1.00 bits per heavy atom. The van der Waals surface area contributed by atoms with Crippen LogP contribution in [0.25, 0.3) is 11.1 Å². The lowest BCUT2D eigenvalue weighted by molar-refractivity contribution is -0.903. The summed E-state index contributed by atoms with van der Waals surface area (Å²) < 4.78 is 8.71. The average molecular weight is 876 g/mol. The highest BCUT2D eigenvalue weighted by atomic mass is 16.5. The smallest absolute Gasteiger partial charge is 0.127 e. The molecule has 0 aromatic heterocycles. The van der Waals surface area contributed by atoms with E-state index in [1.54, 1.807) is 0 Å². The van der Waals surface area contributed by atoms with E-state index in [0.29, 0.717) is 0 Å². The molecule has 0 amide bonds. The maximum absolute atomic E-state index is 6.61. The number of benzene rings is 2. The fourth-order valence-electron chi connectivity index (χ4n) is 9.85. The summed E-state index contributed by atoms with van der Waals surface area (Å²) in [6.45, 7) is 12.3. The summed E-state index contributed by atoms with van der Waals surface area (Å²) in [5.74, 6) is 1.07. The van der Waals surface area contributed by atoms with E-state index in [4.69, 9.17) is 4.74 Å². The molecule has 0 saturated heterocycles. The number of nitrogens with zero attached hydrogens (tertiary/aromatic N) is 2. The number of ether oxygens (including phenoxy) is 1. The number of unbranched alkanes of at least 4 members (excludes halogenated alkanes) is 33. The second-order valence-electron chi connectivity index (χ2n) is 21.7. The van der Waals surface area contributed by atoms with Gasteiger partial charge in [-0.1, -0.05) is 256 Å². The van der Waals surface area contributed by atoms with Gasteiger partial charge in [0.2, 0.25) is 0 Å². The Kier molecular flexibility index (Phi) is 34.8. The SMILES string of the molecule is CCCCCCCCCCCCCCCCCC[N+](C)(C)Cc1ccc(-c2ccc(C[N+](C)(C)CCCCCCCCCCCCCCCCCC)cc2OCCCCCC)cc1. The van der Waals surface area contributed by atoms with Gasteiger partial charge in [0.25, 0.3) is 0 Å². The predicted molar refractivity (Wildman–Crippen MR) is 282 cm³/mol. The molecular formula is C60H110N2O+2. The van der Waals surface area contributed by atoms with E-state index in [0.717, 1.165) is 40.8 Å². The van der Waals surface area contributed by atoms with Gasteiger partial charge in [-0.25, -0.2) is 0 Å². The molecule has 2 aromatic carbocycles. The third-order valence-electron chi connectivity index (χ3n) is 14.0. The van der Waals surface area contributed by atoms with Gasteiger partial charge in [0, 0.05) is 16.7 Å². The minimum absolute atomic E-state index is 0.803. The van der Waals surface area contributed by atoms with Gasteiger partial charge < -0.3 is 13.7 Å². The minimum Gasteiger partial charge on any atom is -0.493 e. The van der Waals surface area contributed by atoms with Crippen LogP contribution in [0.5, 0.6) is 5.75 Å². The van der Waals surface area contributed by atoms with Crippen molar-refractivity contribution in [2.24, 2.45) is 0 Å². The third kappa shape index (κ3) is 31.7. The van der Waals surface area contributed by atoms with Gasteiger partial charge in [0.1, 0.15) is 18.8 Å². The first-order valence-electron chi connectivity index (χ1n) is 28.2. The topological polar surface area (TPSA) is 9.23 Å². The van der Waals surface area contributed by atoms with Crippen LogP contribution in [0.15, 0.2) is 42.5 Å². The van der Waals surface area contributed by atoms with Gasteiger partial charge >= 0.3 is 0 Å². The molecule has 0 bridgehead atoms. The molecule has 2 rings (SSSR count). The highest BCUT2D eigenvalue weighted by Crippen LogP contribution is 2.33. The molecule has 0 spiro atoms. The van der Waals surface area contributed by atoms with Gasteiger partial charge in [-0.3, -0.25) is 0 Å². The quantitative estimate of drug-likeness (QED) is 0.0476. The van der Waals surface area contributed by atoms with Crippen LogP contribution in [0, 0.1) is 0 Å². The molecule has 0 atom stereocenters. The number of rotatable bonds is 45. The summed E-state index contributed by atoms with van der Waals surface area (Å²) in [6, 6.07) is 16.5. The maximum atomic E-state index is 6.61. The highest BCUT2D eigenvalue weighted by Gasteiger charge is 2.19. The van der Waals surface area contributed by atoms with E-state index < -0.39 is 0 Å². The van der Waals surface area contributed by atoms with Crippen LogP contribution >= 0.6 is 0 Å². The van der Waals surface area contributed by atoms with Crippen molar-refractivity contribution >= 4 is 0 Å². The van der Waals surface area contributed by atoms with Crippen molar-refractivity contribution in [2.45, 2.75) is 265 Å². The summed E-state index contributed by atoms with van der Waals surface area (Å²) in [4.78, 5) is 0. The summed E-state index contributed by atoms with van der Waals surface area (Å²) in [6.07, 6.45) is 50.6. The molecule has 0 aliphatic rings. The first-order chi connectivity index (χ1) is 30.7. The van der Waals surface area contributed by atoms with Crippen molar-refractivity contribution in [2.75, 3.05) is 47.9 Å². The van der Waals surface area contributed by atoms with Crippen LogP contribution in [0.4, 0.5) is 0 Å². The van der Waals surface area contributed by atoms with E-state index in [-0.39, 0.29) is 0 Å². The number of hydrogen-bond donors (Lipinski definition) is 0. The summed E-state index contributed by atoms with van der Waals surface area (Å²) in [5, 5.41) is 0. The monoisotopic (exact) mass is 875 g/mol. The first kappa shape index (κ1) is 57.3. The Balaban J connectivity index is 1.72. The zero-order valence-corrected chi connectivity index (χ0v) is 43.8. The summed E-state index contributed by atoms with van der Waals surface area (Å²) >= 11 is 0. The van der Waals surface area contributed by atoms with Gasteiger partial charge in [0.05, 0.1) is 47.9 Å². The van der Waals surface area contributed by atoms with Crippen LogP contribution in [-0.4, -0.2) is 56.9 Å². The van der Waals surface area contributed by atoms with Crippen molar-refractivity contribution in [3.63, 3.8) is 0 Å². The fraction of sp³-hybridized carbons (Fsp3) is 0.800. The van der Waals surface area contributed by atoms with E-state index in [1.165, 1.54) is 260 Å². The molecule has 3 heteroatoms. The van der Waals surface area contributed by atoms with E-state index in [2.05, 4.69) is 91.4 Å². The molecule has 0 radical (unpaired) electrons. The van der Waals surface area contributed by atoms with Crippen LogP contribution in [-0.2, 0) is 13.1 Å². The highest BCUT2D eigenvalue weighted by molar-refractivity contribution is 5.71. The van der Waals surface area contributed by atoms with Crippen LogP contribution < -0.4 is 4.74 Å². The normalized spacial score (nSPS) is 12.1. The zero-order chi connectivity index (χ0) is 45.5. The second-order valence-corrected chi connectivity index (χ2v) is 21.7. The van der Waals surface area contributed by atoms with E-state index >= 15 is 0 Å². The molecule has 2 aromatic rings. The molecule has 364 valence electrons. The fourth-order valence-corrected chi connectivity index (χ4v) is 9.85. The predicted octanol–water partition coefficient (Wildman–Crippen LogP) is 19.0. The Morgan fingerprint density at radius 1 is 0.333 bits per heavy atom. The molecule has 0 heterocycles. The largest absolute Gasteiger partial charge is 0.493 e. The second kappa shape index (κ2) is 38.3. The molecule has 0 aliphatic heterocycles. The third-order valence-corrected chi connectivity index (χ3v) is 14.0. The van der Waals surface area contributed by atoms with Gasteiger partial charge in [-0.2, -0.15) is 0 Å². The number of quaternary nitrogens is 2. The van der Waals surface area contributed by atoms with Gasteiger partial charge in [0.15, 0.2) is 0 Å². The average Bonchev–Trinajstić information content (AvgIpc) is 3.26. The van der Waals surface area contributed by atoms with Crippen LogP contribution in [0.3, 0.4) is 0 Å². The lowest BCUT2D eigenvalue weighted by atomic mass is 10.00. The van der Waals surface area contributed by atoms with Gasteiger partial charge in [-0.05, 0) is 43.7 Å². The van der Waals surface area contributed by atoms with Crippen LogP contribution in [0.2, 0.25) is 0 Å². The zero-order valence-electron chi connectivity index (χ0n) is 43.8. The Hall–Kier alpha value is -1.84. The van der Waals surface area contributed by atoms with Crippen molar-refractivity contribution in [3.05, 3.63) is 53.6 Å². The number of hydrogen-bond acceptors (Lipinski definition) is 1. The van der Waals surface area contributed by atoms with Crippen molar-refractivity contribution in [1.29, 1.82) is 0 Å². The Labute approximate surface area is 395 Å². The lowest BCUT2D eigenvalue weighted by Gasteiger charge is -2.30. The molecule has 0 saturated carbocycles. The molecular weight excluding hydrogens is 765 g/mol. The van der Waals surface area contributed by atoms with Gasteiger partial charge in [-0.15, -0.1) is 0 Å². The molecule has 0 aliphatic carbocycles.